The molecule has 1 aromatic heterocycles. The molecule has 0 saturated heterocycles. The van der Waals surface area contributed by atoms with Crippen molar-refractivity contribution in [3.05, 3.63) is 95.7 Å². The van der Waals surface area contributed by atoms with E-state index in [1.165, 1.54) is 6.92 Å². The van der Waals surface area contributed by atoms with Gasteiger partial charge in [-0.1, -0.05) is 60.7 Å². The van der Waals surface area contributed by atoms with Crippen LogP contribution in [0.5, 0.6) is 5.75 Å². The molecule has 2 N–H and O–H groups in total. The number of esters is 1. The minimum atomic E-state index is -0.465. The van der Waals surface area contributed by atoms with Gasteiger partial charge in [0.25, 0.3) is 0 Å². The van der Waals surface area contributed by atoms with E-state index in [2.05, 4.69) is 10.3 Å². The lowest BCUT2D eigenvalue weighted by Gasteiger charge is -2.15. The molecule has 6 heteroatoms. The molecule has 0 radical (unpaired) electrons. The number of carbonyl (C=O) groups is 2. The van der Waals surface area contributed by atoms with E-state index in [-0.39, 0.29) is 19.1 Å². The number of carbonyl (C=O) groups excluding carboxylic acids is 2. The highest BCUT2D eigenvalue weighted by molar-refractivity contribution is 6.11. The summed E-state index contributed by atoms with van der Waals surface area (Å²) in [5.74, 6) is -0.312. The quantitative estimate of drug-likeness (QED) is 0.414. The lowest BCUT2D eigenvalue weighted by molar-refractivity contribution is -0.114. The summed E-state index contributed by atoms with van der Waals surface area (Å²) in [6.45, 7) is 1.88. The lowest BCUT2D eigenvalue weighted by Crippen LogP contribution is -2.11. The van der Waals surface area contributed by atoms with Gasteiger partial charge in [-0.15, -0.1) is 0 Å². The van der Waals surface area contributed by atoms with Crippen LogP contribution in [0.2, 0.25) is 0 Å². The molecule has 0 aliphatic carbocycles. The van der Waals surface area contributed by atoms with E-state index in [0.717, 1.165) is 11.1 Å². The maximum absolute atomic E-state index is 12.9. The SMILES string of the molecule is CC(=O)Nc1c(OCc2ccccc2)cc(C(=O)OCc2ccccc2)c2cc[nH]c12. The largest absolute Gasteiger partial charge is 0.487 e. The van der Waals surface area contributed by atoms with E-state index in [4.69, 9.17) is 9.47 Å². The second-order valence-corrected chi connectivity index (χ2v) is 7.08. The Hall–Kier alpha value is -4.06. The fourth-order valence-corrected chi connectivity index (χ4v) is 3.32. The van der Waals surface area contributed by atoms with Gasteiger partial charge < -0.3 is 19.8 Å². The van der Waals surface area contributed by atoms with Crippen LogP contribution < -0.4 is 10.1 Å². The minimum absolute atomic E-state index is 0.166. The third-order valence-electron chi connectivity index (χ3n) is 4.78. The van der Waals surface area contributed by atoms with Gasteiger partial charge in [0.15, 0.2) is 0 Å². The molecule has 1 heterocycles. The standard InChI is InChI=1S/C25H22N2O4/c1-17(28)27-24-22(30-15-18-8-4-2-5-9-18)14-21(20-12-13-26-23(20)24)25(29)31-16-19-10-6-3-7-11-19/h2-14,26H,15-16H2,1H3,(H,27,28). The van der Waals surface area contributed by atoms with Crippen LogP contribution in [-0.4, -0.2) is 16.9 Å². The Balaban J connectivity index is 1.67. The van der Waals surface area contributed by atoms with Gasteiger partial charge in [-0.2, -0.15) is 0 Å². The average molecular weight is 414 g/mol. The predicted molar refractivity (Wildman–Crippen MR) is 119 cm³/mol. The van der Waals surface area contributed by atoms with Crippen LogP contribution in [0.15, 0.2) is 79.0 Å². The molecule has 0 saturated carbocycles. The number of ether oxygens (including phenoxy) is 2. The van der Waals surface area contributed by atoms with Crippen LogP contribution in [0.1, 0.15) is 28.4 Å². The lowest BCUT2D eigenvalue weighted by atomic mass is 10.1. The molecule has 1 amide bonds. The Bertz CT molecular complexity index is 1200. The van der Waals surface area contributed by atoms with Crippen molar-refractivity contribution in [3.63, 3.8) is 0 Å². The van der Waals surface area contributed by atoms with Gasteiger partial charge in [-0.3, -0.25) is 4.79 Å². The van der Waals surface area contributed by atoms with Crippen LogP contribution in [0.3, 0.4) is 0 Å². The fourth-order valence-electron chi connectivity index (χ4n) is 3.32. The second-order valence-electron chi connectivity index (χ2n) is 7.08. The Labute approximate surface area is 179 Å². The number of nitrogens with one attached hydrogen (secondary N) is 2. The summed E-state index contributed by atoms with van der Waals surface area (Å²) in [6, 6.07) is 22.6. The normalized spacial score (nSPS) is 10.6. The van der Waals surface area contributed by atoms with Crippen LogP contribution >= 0.6 is 0 Å². The van der Waals surface area contributed by atoms with Gasteiger partial charge in [0.05, 0.1) is 11.1 Å². The third kappa shape index (κ3) is 4.75. The van der Waals surface area contributed by atoms with Crippen molar-refractivity contribution in [2.24, 2.45) is 0 Å². The van der Waals surface area contributed by atoms with Gasteiger partial charge in [-0.05, 0) is 23.3 Å². The topological polar surface area (TPSA) is 80.4 Å². The van der Waals surface area contributed by atoms with Crippen molar-refractivity contribution in [1.82, 2.24) is 4.98 Å². The van der Waals surface area contributed by atoms with Crippen molar-refractivity contribution >= 4 is 28.5 Å². The highest BCUT2D eigenvalue weighted by atomic mass is 16.5. The highest BCUT2D eigenvalue weighted by Gasteiger charge is 2.20. The van der Waals surface area contributed by atoms with Gasteiger partial charge >= 0.3 is 5.97 Å². The number of anilines is 1. The smallest absolute Gasteiger partial charge is 0.339 e. The first-order valence-corrected chi connectivity index (χ1v) is 9.91. The molecule has 4 rings (SSSR count). The summed E-state index contributed by atoms with van der Waals surface area (Å²) in [7, 11) is 0. The first kappa shape index (κ1) is 20.2. The van der Waals surface area contributed by atoms with Crippen LogP contribution in [0.4, 0.5) is 5.69 Å². The van der Waals surface area contributed by atoms with Crippen molar-refractivity contribution in [3.8, 4) is 5.75 Å². The Morgan fingerprint density at radius 2 is 1.55 bits per heavy atom. The molecule has 156 valence electrons. The van der Waals surface area contributed by atoms with Crippen LogP contribution in [-0.2, 0) is 22.7 Å². The summed E-state index contributed by atoms with van der Waals surface area (Å²) in [5.41, 5.74) is 3.33. The molecule has 0 unspecified atom stereocenters. The Morgan fingerprint density at radius 1 is 0.903 bits per heavy atom. The van der Waals surface area contributed by atoms with Crippen molar-refractivity contribution in [1.29, 1.82) is 0 Å². The third-order valence-corrected chi connectivity index (χ3v) is 4.78. The molecule has 0 spiro atoms. The summed E-state index contributed by atoms with van der Waals surface area (Å²) in [4.78, 5) is 27.8. The van der Waals surface area contributed by atoms with E-state index in [1.54, 1.807) is 18.3 Å². The number of benzene rings is 3. The number of hydrogen-bond donors (Lipinski definition) is 2. The number of fused-ring (bicyclic) bond motifs is 1. The van der Waals surface area contributed by atoms with Gasteiger partial charge in [-0.25, -0.2) is 4.79 Å². The number of rotatable bonds is 7. The van der Waals surface area contributed by atoms with E-state index in [1.807, 2.05) is 60.7 Å². The molecule has 0 bridgehead atoms. The molecule has 31 heavy (non-hydrogen) atoms. The van der Waals surface area contributed by atoms with Gasteiger partial charge in [0.2, 0.25) is 5.91 Å². The van der Waals surface area contributed by atoms with Gasteiger partial charge in [0, 0.05) is 18.5 Å². The van der Waals surface area contributed by atoms with E-state index >= 15 is 0 Å². The number of aromatic amines is 1. The minimum Gasteiger partial charge on any atom is -0.487 e. The fraction of sp³-hybridized carbons (Fsp3) is 0.120. The first-order chi connectivity index (χ1) is 15.1. The molecule has 0 aliphatic heterocycles. The number of amides is 1. The predicted octanol–water partition coefficient (Wildman–Crippen LogP) is 5.06. The van der Waals surface area contributed by atoms with E-state index in [0.29, 0.717) is 27.9 Å². The summed E-state index contributed by atoms with van der Waals surface area (Å²) < 4.78 is 11.5. The number of hydrogen-bond acceptors (Lipinski definition) is 4. The zero-order valence-electron chi connectivity index (χ0n) is 17.1. The van der Waals surface area contributed by atoms with Crippen LogP contribution in [0, 0.1) is 0 Å². The summed E-state index contributed by atoms with van der Waals surface area (Å²) in [6.07, 6.45) is 1.71. The van der Waals surface area contributed by atoms with Crippen molar-refractivity contribution < 1.29 is 19.1 Å². The first-order valence-electron chi connectivity index (χ1n) is 9.91. The maximum Gasteiger partial charge on any atom is 0.339 e. The van der Waals surface area contributed by atoms with Crippen LogP contribution in [0.25, 0.3) is 10.9 Å². The van der Waals surface area contributed by atoms with Crippen molar-refractivity contribution in [2.45, 2.75) is 20.1 Å². The number of H-pyrrole nitrogens is 1. The highest BCUT2D eigenvalue weighted by Crippen LogP contribution is 2.36. The molecular formula is C25H22N2O4. The van der Waals surface area contributed by atoms with E-state index < -0.39 is 5.97 Å². The van der Waals surface area contributed by atoms with E-state index in [9.17, 15) is 9.59 Å². The molecule has 0 fully saturated rings. The zero-order valence-corrected chi connectivity index (χ0v) is 17.1. The summed E-state index contributed by atoms with van der Waals surface area (Å²) in [5, 5.41) is 3.46. The molecule has 0 atom stereocenters. The Kier molecular flexibility index (Phi) is 5.98. The second kappa shape index (κ2) is 9.17. The summed E-state index contributed by atoms with van der Waals surface area (Å²) >= 11 is 0. The molecular weight excluding hydrogens is 392 g/mol. The van der Waals surface area contributed by atoms with Gasteiger partial charge in [0.1, 0.15) is 24.7 Å². The molecule has 6 nitrogen and oxygen atoms in total. The monoisotopic (exact) mass is 414 g/mol. The van der Waals surface area contributed by atoms with Crippen molar-refractivity contribution in [2.75, 3.05) is 5.32 Å². The number of aromatic nitrogens is 1. The Morgan fingerprint density at radius 3 is 2.19 bits per heavy atom. The molecule has 4 aromatic rings. The zero-order chi connectivity index (χ0) is 21.6. The maximum atomic E-state index is 12.9. The molecule has 3 aromatic carbocycles. The average Bonchev–Trinajstić information content (AvgIpc) is 3.28. The molecule has 0 aliphatic rings.